The van der Waals surface area contributed by atoms with E-state index < -0.39 is 0 Å². The van der Waals surface area contributed by atoms with Gasteiger partial charge in [-0.1, -0.05) is 35.6 Å². The van der Waals surface area contributed by atoms with Gasteiger partial charge in [0.05, 0.1) is 16.5 Å². The van der Waals surface area contributed by atoms with Crippen LogP contribution >= 0.6 is 11.3 Å². The predicted molar refractivity (Wildman–Crippen MR) is 120 cm³/mol. The summed E-state index contributed by atoms with van der Waals surface area (Å²) in [4.78, 5) is 23.6. The van der Waals surface area contributed by atoms with Gasteiger partial charge in [0, 0.05) is 25.5 Å². The average molecular weight is 421 g/mol. The maximum Gasteiger partial charge on any atom is 0.266 e. The number of aryl methyl sites for hydroxylation is 3. The molecule has 0 saturated heterocycles. The number of fused-ring (bicyclic) bond motifs is 1. The maximum atomic E-state index is 13.1. The van der Waals surface area contributed by atoms with Gasteiger partial charge >= 0.3 is 0 Å². The summed E-state index contributed by atoms with van der Waals surface area (Å²) in [5.74, 6) is 0.629. The molecule has 0 saturated carbocycles. The minimum absolute atomic E-state index is 0.0229. The van der Waals surface area contributed by atoms with Crippen LogP contribution in [0.3, 0.4) is 0 Å². The van der Waals surface area contributed by atoms with Gasteiger partial charge < -0.3 is 9.30 Å². The summed E-state index contributed by atoms with van der Waals surface area (Å²) in [6.07, 6.45) is 6.26. The number of carbonyl (C=O) groups excluding carboxylic acids is 1. The Bertz CT molecular complexity index is 1140. The summed E-state index contributed by atoms with van der Waals surface area (Å²) in [7, 11) is 0. The third kappa shape index (κ3) is 4.68. The van der Waals surface area contributed by atoms with Crippen LogP contribution in [0.15, 0.2) is 61.2 Å². The zero-order valence-electron chi connectivity index (χ0n) is 17.1. The molecular formula is C23H24N4O2S. The summed E-state index contributed by atoms with van der Waals surface area (Å²) in [5, 5.41) is 0.708. The largest absolute Gasteiger partial charge is 0.483 e. The van der Waals surface area contributed by atoms with Gasteiger partial charge in [-0.3, -0.25) is 9.69 Å². The molecule has 1 amide bonds. The molecule has 30 heavy (non-hydrogen) atoms. The number of ether oxygens (including phenoxy) is 1. The van der Waals surface area contributed by atoms with Crippen LogP contribution in [0, 0.1) is 13.8 Å². The second kappa shape index (κ2) is 9.09. The van der Waals surface area contributed by atoms with Crippen molar-refractivity contribution < 1.29 is 9.53 Å². The Hall–Kier alpha value is -3.19. The van der Waals surface area contributed by atoms with Gasteiger partial charge in [0.15, 0.2) is 11.7 Å². The fourth-order valence-electron chi connectivity index (χ4n) is 3.23. The molecule has 0 radical (unpaired) electrons. The lowest BCUT2D eigenvalue weighted by Crippen LogP contribution is -2.36. The number of para-hydroxylation sites is 1. The van der Waals surface area contributed by atoms with E-state index in [4.69, 9.17) is 9.72 Å². The van der Waals surface area contributed by atoms with Gasteiger partial charge in [-0.25, -0.2) is 9.97 Å². The Morgan fingerprint density at radius 1 is 1.20 bits per heavy atom. The molecule has 0 aliphatic heterocycles. The number of nitrogens with zero attached hydrogens (tertiary/aromatic N) is 4. The van der Waals surface area contributed by atoms with Gasteiger partial charge in [0.2, 0.25) is 0 Å². The van der Waals surface area contributed by atoms with E-state index in [0.717, 1.165) is 34.5 Å². The molecule has 0 aliphatic rings. The number of carbonyl (C=O) groups is 1. The van der Waals surface area contributed by atoms with Crippen LogP contribution in [0.5, 0.6) is 5.75 Å². The highest BCUT2D eigenvalue weighted by Crippen LogP contribution is 2.30. The van der Waals surface area contributed by atoms with Crippen LogP contribution in [-0.2, 0) is 11.3 Å². The summed E-state index contributed by atoms with van der Waals surface area (Å²) in [5.41, 5.74) is 3.10. The second-order valence-electron chi connectivity index (χ2n) is 7.22. The Balaban J connectivity index is 1.52. The van der Waals surface area contributed by atoms with Gasteiger partial charge in [-0.2, -0.15) is 0 Å². The van der Waals surface area contributed by atoms with Crippen molar-refractivity contribution in [3.05, 3.63) is 72.3 Å². The highest BCUT2D eigenvalue weighted by molar-refractivity contribution is 7.22. The highest BCUT2D eigenvalue weighted by atomic mass is 32.1. The molecule has 7 heteroatoms. The summed E-state index contributed by atoms with van der Waals surface area (Å²) < 4.78 is 8.91. The van der Waals surface area contributed by atoms with Gasteiger partial charge in [-0.15, -0.1) is 0 Å². The summed E-state index contributed by atoms with van der Waals surface area (Å²) in [6.45, 7) is 5.35. The van der Waals surface area contributed by atoms with Crippen LogP contribution in [-0.4, -0.2) is 33.6 Å². The Morgan fingerprint density at radius 3 is 2.87 bits per heavy atom. The lowest BCUT2D eigenvalue weighted by Gasteiger charge is -2.20. The first-order valence-electron chi connectivity index (χ1n) is 9.92. The third-order valence-electron chi connectivity index (χ3n) is 4.87. The highest BCUT2D eigenvalue weighted by Gasteiger charge is 2.20. The molecule has 2 heterocycles. The molecule has 4 aromatic rings. The number of thiazole rings is 1. The molecule has 2 aromatic heterocycles. The molecule has 154 valence electrons. The number of anilines is 1. The molecule has 0 N–H and O–H groups in total. The summed E-state index contributed by atoms with van der Waals surface area (Å²) >= 11 is 1.54. The predicted octanol–water partition coefficient (Wildman–Crippen LogP) is 4.61. The number of aromatic nitrogens is 3. The smallest absolute Gasteiger partial charge is 0.266 e. The second-order valence-corrected chi connectivity index (χ2v) is 8.23. The van der Waals surface area contributed by atoms with E-state index in [1.807, 2.05) is 54.1 Å². The molecule has 0 aliphatic carbocycles. The van der Waals surface area contributed by atoms with Crippen LogP contribution in [0.25, 0.3) is 10.2 Å². The number of benzene rings is 2. The van der Waals surface area contributed by atoms with E-state index in [1.165, 1.54) is 16.9 Å². The van der Waals surface area contributed by atoms with Crippen molar-refractivity contribution in [2.24, 2.45) is 0 Å². The van der Waals surface area contributed by atoms with Crippen molar-refractivity contribution in [2.75, 3.05) is 18.1 Å². The first-order chi connectivity index (χ1) is 14.6. The van der Waals surface area contributed by atoms with E-state index >= 15 is 0 Å². The normalized spacial score (nSPS) is 11.0. The Kier molecular flexibility index (Phi) is 6.09. The van der Waals surface area contributed by atoms with Gasteiger partial charge in [0.1, 0.15) is 5.75 Å². The minimum atomic E-state index is -0.0975. The van der Waals surface area contributed by atoms with Crippen molar-refractivity contribution in [2.45, 2.75) is 26.8 Å². The number of rotatable bonds is 8. The molecule has 2 aromatic carbocycles. The molecule has 0 unspecified atom stereocenters. The molecule has 0 spiro atoms. The molecule has 6 nitrogen and oxygen atoms in total. The first-order valence-corrected chi connectivity index (χ1v) is 10.7. The lowest BCUT2D eigenvalue weighted by molar-refractivity contribution is -0.120. The van der Waals surface area contributed by atoms with E-state index in [0.29, 0.717) is 11.7 Å². The average Bonchev–Trinajstić information content (AvgIpc) is 3.39. The van der Waals surface area contributed by atoms with E-state index in [2.05, 4.69) is 18.0 Å². The minimum Gasteiger partial charge on any atom is -0.483 e. The van der Waals surface area contributed by atoms with Crippen LogP contribution in [0.1, 0.15) is 17.5 Å². The number of imidazole rings is 1. The van der Waals surface area contributed by atoms with Gasteiger partial charge in [0.25, 0.3) is 5.91 Å². The van der Waals surface area contributed by atoms with Crippen LogP contribution in [0.2, 0.25) is 0 Å². The van der Waals surface area contributed by atoms with Crippen LogP contribution < -0.4 is 9.64 Å². The first kappa shape index (κ1) is 20.1. The standard InChI is InChI=1S/C23H24N4O2S/c1-17-8-9-19-21(14-17)30-23(25-19)27(12-5-11-26-13-10-24-16-26)22(28)15-29-20-7-4-3-6-18(20)2/h3-4,6-10,13-14,16H,5,11-12,15H2,1-2H3. The summed E-state index contributed by atoms with van der Waals surface area (Å²) in [6, 6.07) is 13.9. The van der Waals surface area contributed by atoms with Crippen molar-refractivity contribution in [3.8, 4) is 5.75 Å². The molecule has 4 rings (SSSR count). The number of hydrogen-bond donors (Lipinski definition) is 0. The Labute approximate surface area is 179 Å². The van der Waals surface area contributed by atoms with Crippen molar-refractivity contribution in [1.29, 1.82) is 0 Å². The number of amides is 1. The van der Waals surface area contributed by atoms with E-state index in [9.17, 15) is 4.79 Å². The maximum absolute atomic E-state index is 13.1. The fourth-order valence-corrected chi connectivity index (χ4v) is 4.34. The quantitative estimate of drug-likeness (QED) is 0.418. The van der Waals surface area contributed by atoms with Gasteiger partial charge in [-0.05, 0) is 49.6 Å². The zero-order chi connectivity index (χ0) is 20.9. The fraction of sp³-hybridized carbons (Fsp3) is 0.261. The van der Waals surface area contributed by atoms with Crippen LogP contribution in [0.4, 0.5) is 5.13 Å². The molecule has 0 atom stereocenters. The van der Waals surface area contributed by atoms with E-state index in [-0.39, 0.29) is 12.5 Å². The topological polar surface area (TPSA) is 60.2 Å². The molecular weight excluding hydrogens is 396 g/mol. The molecule has 0 bridgehead atoms. The monoisotopic (exact) mass is 420 g/mol. The SMILES string of the molecule is Cc1ccc2nc(N(CCCn3ccnc3)C(=O)COc3ccccc3C)sc2c1. The Morgan fingerprint density at radius 2 is 2.07 bits per heavy atom. The van der Waals surface area contributed by atoms with E-state index in [1.54, 1.807) is 17.4 Å². The molecule has 0 fully saturated rings. The zero-order valence-corrected chi connectivity index (χ0v) is 17.9. The van der Waals surface area contributed by atoms with Crippen molar-refractivity contribution in [1.82, 2.24) is 14.5 Å². The number of hydrogen-bond acceptors (Lipinski definition) is 5. The third-order valence-corrected chi connectivity index (χ3v) is 5.91. The lowest BCUT2D eigenvalue weighted by atomic mass is 10.2. The van der Waals surface area contributed by atoms with Crippen molar-refractivity contribution in [3.63, 3.8) is 0 Å². The van der Waals surface area contributed by atoms with Crippen molar-refractivity contribution >= 4 is 32.6 Å².